The summed E-state index contributed by atoms with van der Waals surface area (Å²) in [5.41, 5.74) is 1.82. The summed E-state index contributed by atoms with van der Waals surface area (Å²) in [6, 6.07) is 16.3. The Morgan fingerprint density at radius 3 is 2.33 bits per heavy atom. The molecule has 0 spiro atoms. The van der Waals surface area contributed by atoms with Gasteiger partial charge >= 0.3 is 6.09 Å². The Morgan fingerprint density at radius 2 is 1.63 bits per heavy atom. The van der Waals surface area contributed by atoms with E-state index in [1.54, 1.807) is 32.2 Å². The van der Waals surface area contributed by atoms with Crippen LogP contribution in [0.2, 0.25) is 10.0 Å². The van der Waals surface area contributed by atoms with Crippen LogP contribution in [0, 0.1) is 0 Å². The van der Waals surface area contributed by atoms with Crippen LogP contribution in [0.25, 0.3) is 10.8 Å². The summed E-state index contributed by atoms with van der Waals surface area (Å²) in [5, 5.41) is 9.30. The summed E-state index contributed by atoms with van der Waals surface area (Å²) in [7, 11) is 1.63. The third-order valence-electron chi connectivity index (χ3n) is 3.84. The lowest BCUT2D eigenvalue weighted by molar-refractivity contribution is 0.166. The largest absolute Gasteiger partial charge is 0.497 e. The second kappa shape index (κ2) is 8.29. The Hall–Kier alpha value is -2.76. The fourth-order valence-corrected chi connectivity index (χ4v) is 3.03. The van der Waals surface area contributed by atoms with E-state index in [4.69, 9.17) is 32.8 Å². The van der Waals surface area contributed by atoms with Crippen LogP contribution < -0.4 is 10.1 Å². The Kier molecular flexibility index (Phi) is 5.84. The van der Waals surface area contributed by atoms with Crippen molar-refractivity contribution in [2.24, 2.45) is 5.16 Å². The number of anilines is 1. The average molecular weight is 403 g/mol. The fraction of sp³-hybridized carbons (Fsp3) is 0.100. The Balaban J connectivity index is 1.71. The first-order chi connectivity index (χ1) is 12.9. The van der Waals surface area contributed by atoms with Gasteiger partial charge in [-0.1, -0.05) is 46.6 Å². The normalized spacial score (nSPS) is 11.3. The number of fused-ring (bicyclic) bond motifs is 1. The molecule has 0 fully saturated rings. The minimum Gasteiger partial charge on any atom is -0.497 e. The number of hydrogen-bond acceptors (Lipinski definition) is 4. The van der Waals surface area contributed by atoms with Crippen molar-refractivity contribution >= 4 is 51.5 Å². The number of oxime groups is 1. The first-order valence-corrected chi connectivity index (χ1v) is 8.77. The number of halogens is 2. The molecule has 0 atom stereocenters. The summed E-state index contributed by atoms with van der Waals surface area (Å²) in [4.78, 5) is 16.8. The number of methoxy groups -OCH3 is 1. The molecule has 0 saturated heterocycles. The van der Waals surface area contributed by atoms with Crippen LogP contribution >= 0.6 is 23.2 Å². The lowest BCUT2D eigenvalue weighted by Gasteiger charge is -2.06. The molecule has 138 valence electrons. The summed E-state index contributed by atoms with van der Waals surface area (Å²) in [6.07, 6.45) is -0.738. The molecule has 7 heteroatoms. The van der Waals surface area contributed by atoms with Crippen molar-refractivity contribution in [1.82, 2.24) is 0 Å². The van der Waals surface area contributed by atoms with Gasteiger partial charge in [-0.15, -0.1) is 0 Å². The first-order valence-electron chi connectivity index (χ1n) is 8.01. The van der Waals surface area contributed by atoms with Gasteiger partial charge in [-0.3, -0.25) is 10.2 Å². The number of carbonyl (C=O) groups is 1. The molecule has 0 unspecified atom stereocenters. The molecule has 5 nitrogen and oxygen atoms in total. The van der Waals surface area contributed by atoms with Crippen LogP contribution in [0.15, 0.2) is 59.8 Å². The number of ether oxygens (including phenoxy) is 1. The summed E-state index contributed by atoms with van der Waals surface area (Å²) >= 11 is 11.8. The molecular weight excluding hydrogens is 387 g/mol. The highest BCUT2D eigenvalue weighted by Crippen LogP contribution is 2.23. The molecule has 0 aliphatic carbocycles. The topological polar surface area (TPSA) is 59.9 Å². The molecule has 0 aliphatic heterocycles. The highest BCUT2D eigenvalue weighted by Gasteiger charge is 2.07. The van der Waals surface area contributed by atoms with Gasteiger partial charge in [-0.2, -0.15) is 0 Å². The molecule has 3 aromatic carbocycles. The van der Waals surface area contributed by atoms with Crippen LogP contribution in [0.4, 0.5) is 10.5 Å². The van der Waals surface area contributed by atoms with E-state index in [1.165, 1.54) is 0 Å². The van der Waals surface area contributed by atoms with Gasteiger partial charge in [0.05, 0.1) is 12.8 Å². The zero-order valence-electron chi connectivity index (χ0n) is 14.6. The summed E-state index contributed by atoms with van der Waals surface area (Å²) < 4.78 is 5.22. The highest BCUT2D eigenvalue weighted by atomic mass is 35.5. The third kappa shape index (κ3) is 4.90. The van der Waals surface area contributed by atoms with E-state index in [-0.39, 0.29) is 0 Å². The van der Waals surface area contributed by atoms with Gasteiger partial charge in [0.15, 0.2) is 0 Å². The van der Waals surface area contributed by atoms with E-state index >= 15 is 0 Å². The van der Waals surface area contributed by atoms with Gasteiger partial charge in [-0.25, -0.2) is 4.79 Å². The minimum absolute atomic E-state index is 0.408. The van der Waals surface area contributed by atoms with Crippen molar-refractivity contribution in [1.29, 1.82) is 0 Å². The van der Waals surface area contributed by atoms with Gasteiger partial charge < -0.3 is 4.74 Å². The molecule has 0 bridgehead atoms. The molecule has 3 aromatic rings. The van der Waals surface area contributed by atoms with Crippen LogP contribution in [0.5, 0.6) is 5.75 Å². The van der Waals surface area contributed by atoms with Crippen molar-refractivity contribution in [3.8, 4) is 5.75 Å². The molecule has 0 aromatic heterocycles. The van der Waals surface area contributed by atoms with Gasteiger partial charge in [0.1, 0.15) is 5.75 Å². The first kappa shape index (κ1) is 19.0. The molecule has 0 heterocycles. The quantitative estimate of drug-likeness (QED) is 0.324. The molecular formula is C20H16Cl2N2O3. The van der Waals surface area contributed by atoms with E-state index in [0.29, 0.717) is 21.4 Å². The maximum absolute atomic E-state index is 11.9. The van der Waals surface area contributed by atoms with E-state index in [1.807, 2.05) is 36.4 Å². The van der Waals surface area contributed by atoms with Gasteiger partial charge in [0, 0.05) is 15.7 Å². The van der Waals surface area contributed by atoms with Gasteiger partial charge in [0.2, 0.25) is 0 Å². The zero-order valence-corrected chi connectivity index (χ0v) is 16.1. The van der Waals surface area contributed by atoms with Crippen molar-refractivity contribution in [3.05, 3.63) is 70.2 Å². The predicted molar refractivity (Wildman–Crippen MR) is 109 cm³/mol. The molecule has 1 N–H and O–H groups in total. The SMILES string of the molecule is COc1ccc2cc(C(C)=NOC(=O)Nc3cc(Cl)cc(Cl)c3)ccc2c1. The van der Waals surface area contributed by atoms with E-state index < -0.39 is 6.09 Å². The number of hydrogen-bond donors (Lipinski definition) is 1. The maximum Gasteiger partial charge on any atom is 0.437 e. The van der Waals surface area contributed by atoms with Crippen molar-refractivity contribution < 1.29 is 14.4 Å². The standard InChI is InChI=1S/C20H16Cl2N2O3/c1-12(13-3-4-15-8-19(26-2)6-5-14(15)7-13)24-27-20(25)23-18-10-16(21)9-17(22)11-18/h3-11H,1-2H3,(H,23,25). The molecule has 3 rings (SSSR count). The van der Waals surface area contributed by atoms with E-state index in [9.17, 15) is 4.79 Å². The monoisotopic (exact) mass is 402 g/mol. The highest BCUT2D eigenvalue weighted by molar-refractivity contribution is 6.35. The summed E-state index contributed by atoms with van der Waals surface area (Å²) in [5.74, 6) is 0.793. The van der Waals surface area contributed by atoms with Crippen molar-refractivity contribution in [2.45, 2.75) is 6.92 Å². The third-order valence-corrected chi connectivity index (χ3v) is 4.28. The second-order valence-corrected chi connectivity index (χ2v) is 6.64. The number of carbonyl (C=O) groups excluding carboxylic acids is 1. The molecule has 0 aliphatic rings. The van der Waals surface area contributed by atoms with Gasteiger partial charge in [0.25, 0.3) is 0 Å². The molecule has 1 amide bonds. The van der Waals surface area contributed by atoms with E-state index in [0.717, 1.165) is 22.1 Å². The predicted octanol–water partition coefficient (Wildman–Crippen LogP) is 6.13. The van der Waals surface area contributed by atoms with Crippen LogP contribution in [0.1, 0.15) is 12.5 Å². The van der Waals surface area contributed by atoms with Crippen LogP contribution in [-0.4, -0.2) is 18.9 Å². The van der Waals surface area contributed by atoms with Crippen LogP contribution in [0.3, 0.4) is 0 Å². The molecule has 0 saturated carbocycles. The van der Waals surface area contributed by atoms with Crippen molar-refractivity contribution in [2.75, 3.05) is 12.4 Å². The number of nitrogens with zero attached hydrogens (tertiary/aromatic N) is 1. The Morgan fingerprint density at radius 1 is 0.963 bits per heavy atom. The van der Waals surface area contributed by atoms with Crippen LogP contribution in [-0.2, 0) is 4.84 Å². The zero-order chi connectivity index (χ0) is 19.4. The summed E-state index contributed by atoms with van der Waals surface area (Å²) in [6.45, 7) is 1.76. The van der Waals surface area contributed by atoms with Crippen molar-refractivity contribution in [3.63, 3.8) is 0 Å². The number of rotatable bonds is 4. The van der Waals surface area contributed by atoms with Gasteiger partial charge in [-0.05, 0) is 59.7 Å². The smallest absolute Gasteiger partial charge is 0.437 e. The fourth-order valence-electron chi connectivity index (χ4n) is 2.51. The Labute approximate surface area is 166 Å². The minimum atomic E-state index is -0.738. The average Bonchev–Trinajstić information content (AvgIpc) is 2.64. The molecule has 0 radical (unpaired) electrons. The maximum atomic E-state index is 11.9. The molecule has 27 heavy (non-hydrogen) atoms. The Bertz CT molecular complexity index is 1010. The number of nitrogens with one attached hydrogen (secondary N) is 1. The lowest BCUT2D eigenvalue weighted by atomic mass is 10.0. The van der Waals surface area contributed by atoms with E-state index in [2.05, 4.69) is 10.5 Å². The number of amides is 1. The lowest BCUT2D eigenvalue weighted by Crippen LogP contribution is -2.12. The second-order valence-electron chi connectivity index (χ2n) is 5.77. The number of benzene rings is 3.